The maximum atomic E-state index is 10.9. The highest BCUT2D eigenvalue weighted by Crippen LogP contribution is 2.33. The SMILES string of the molecule is COc1ccc(CNCC[C@]2(O)C[C@H](C)N(C)C[C@H]2C)cc1. The molecule has 1 heterocycles. The van der Waals surface area contributed by atoms with Gasteiger partial charge in [0.05, 0.1) is 12.7 Å². The highest BCUT2D eigenvalue weighted by molar-refractivity contribution is 5.26. The number of likely N-dealkylation sites (tertiary alicyclic amines) is 1. The van der Waals surface area contributed by atoms with Gasteiger partial charge in [-0.25, -0.2) is 0 Å². The fourth-order valence-electron chi connectivity index (χ4n) is 3.28. The predicted molar refractivity (Wildman–Crippen MR) is 90.1 cm³/mol. The molecule has 3 atom stereocenters. The van der Waals surface area contributed by atoms with Crippen LogP contribution in [0.4, 0.5) is 0 Å². The number of nitrogens with zero attached hydrogens (tertiary/aromatic N) is 1. The van der Waals surface area contributed by atoms with E-state index in [0.717, 1.165) is 38.2 Å². The van der Waals surface area contributed by atoms with E-state index in [1.54, 1.807) is 7.11 Å². The largest absolute Gasteiger partial charge is 0.497 e. The van der Waals surface area contributed by atoms with Gasteiger partial charge < -0.3 is 20.1 Å². The summed E-state index contributed by atoms with van der Waals surface area (Å²) in [5.74, 6) is 1.20. The standard InChI is InChI=1S/C18H30N2O2/c1-14-13-20(3)15(2)11-18(14,21)9-10-19-12-16-5-7-17(22-4)8-6-16/h5-8,14-15,19,21H,9-13H2,1-4H3/t14-,15+,18+/m1/s1. The number of benzene rings is 1. The predicted octanol–water partition coefficient (Wildman–Crippen LogP) is 2.27. The molecule has 1 aromatic rings. The van der Waals surface area contributed by atoms with E-state index in [-0.39, 0.29) is 0 Å². The van der Waals surface area contributed by atoms with Crippen LogP contribution in [0.2, 0.25) is 0 Å². The molecule has 1 aromatic carbocycles. The van der Waals surface area contributed by atoms with Crippen molar-refractivity contribution in [3.63, 3.8) is 0 Å². The lowest BCUT2D eigenvalue weighted by molar-refractivity contribution is -0.0831. The molecule has 0 amide bonds. The number of ether oxygens (including phenoxy) is 1. The minimum atomic E-state index is -0.543. The first-order valence-corrected chi connectivity index (χ1v) is 8.21. The van der Waals surface area contributed by atoms with Crippen LogP contribution in [0, 0.1) is 5.92 Å². The second-order valence-electron chi connectivity index (χ2n) is 6.77. The minimum absolute atomic E-state index is 0.316. The van der Waals surface area contributed by atoms with Crippen LogP contribution in [0.1, 0.15) is 32.3 Å². The van der Waals surface area contributed by atoms with Crippen LogP contribution in [-0.4, -0.2) is 48.9 Å². The first kappa shape index (κ1) is 17.3. The molecule has 4 nitrogen and oxygen atoms in total. The Bertz CT molecular complexity index is 463. The zero-order valence-corrected chi connectivity index (χ0v) is 14.3. The molecule has 0 spiro atoms. The molecule has 1 aliphatic heterocycles. The van der Waals surface area contributed by atoms with Crippen molar-refractivity contribution in [1.82, 2.24) is 10.2 Å². The number of hydrogen-bond donors (Lipinski definition) is 2. The Morgan fingerprint density at radius 3 is 2.64 bits per heavy atom. The molecule has 1 fully saturated rings. The van der Waals surface area contributed by atoms with E-state index in [4.69, 9.17) is 4.74 Å². The zero-order valence-electron chi connectivity index (χ0n) is 14.3. The smallest absolute Gasteiger partial charge is 0.118 e. The molecule has 124 valence electrons. The molecule has 0 saturated carbocycles. The molecule has 0 unspecified atom stereocenters. The average molecular weight is 306 g/mol. The minimum Gasteiger partial charge on any atom is -0.497 e. The van der Waals surface area contributed by atoms with E-state index in [9.17, 15) is 5.11 Å². The van der Waals surface area contributed by atoms with Crippen LogP contribution in [-0.2, 0) is 6.54 Å². The van der Waals surface area contributed by atoms with Crippen LogP contribution in [0.15, 0.2) is 24.3 Å². The van der Waals surface area contributed by atoms with Crippen molar-refractivity contribution in [3.8, 4) is 5.75 Å². The fourth-order valence-corrected chi connectivity index (χ4v) is 3.28. The van der Waals surface area contributed by atoms with E-state index in [1.807, 2.05) is 12.1 Å². The van der Waals surface area contributed by atoms with Gasteiger partial charge in [0, 0.05) is 19.1 Å². The third kappa shape index (κ3) is 4.22. The Morgan fingerprint density at radius 2 is 2.00 bits per heavy atom. The Morgan fingerprint density at radius 1 is 1.32 bits per heavy atom. The van der Waals surface area contributed by atoms with Crippen molar-refractivity contribution in [2.45, 2.75) is 44.9 Å². The van der Waals surface area contributed by atoms with Crippen molar-refractivity contribution in [2.75, 3.05) is 27.2 Å². The number of rotatable bonds is 6. The third-order valence-corrected chi connectivity index (χ3v) is 5.10. The Hall–Kier alpha value is -1.10. The van der Waals surface area contributed by atoms with Gasteiger partial charge in [0.1, 0.15) is 5.75 Å². The number of nitrogens with one attached hydrogen (secondary N) is 1. The van der Waals surface area contributed by atoms with Crippen molar-refractivity contribution in [3.05, 3.63) is 29.8 Å². The Balaban J connectivity index is 1.77. The summed E-state index contributed by atoms with van der Waals surface area (Å²) in [7, 11) is 3.82. The summed E-state index contributed by atoms with van der Waals surface area (Å²) in [6.45, 7) is 6.98. The highest BCUT2D eigenvalue weighted by atomic mass is 16.5. The third-order valence-electron chi connectivity index (χ3n) is 5.10. The summed E-state index contributed by atoms with van der Waals surface area (Å²) >= 11 is 0. The van der Waals surface area contributed by atoms with Gasteiger partial charge >= 0.3 is 0 Å². The molecule has 2 rings (SSSR count). The molecule has 0 bridgehead atoms. The molecule has 4 heteroatoms. The topological polar surface area (TPSA) is 44.7 Å². The van der Waals surface area contributed by atoms with Crippen LogP contribution in [0.25, 0.3) is 0 Å². The molecule has 0 aliphatic carbocycles. The van der Waals surface area contributed by atoms with Gasteiger partial charge in [-0.15, -0.1) is 0 Å². The zero-order chi connectivity index (χ0) is 16.2. The summed E-state index contributed by atoms with van der Waals surface area (Å²) in [4.78, 5) is 2.34. The van der Waals surface area contributed by atoms with E-state index in [2.05, 4.69) is 43.2 Å². The Kier molecular flexibility index (Phi) is 5.84. The van der Waals surface area contributed by atoms with E-state index < -0.39 is 5.60 Å². The molecule has 2 N–H and O–H groups in total. The maximum Gasteiger partial charge on any atom is 0.118 e. The molecular weight excluding hydrogens is 276 g/mol. The van der Waals surface area contributed by atoms with Crippen molar-refractivity contribution in [2.24, 2.45) is 5.92 Å². The van der Waals surface area contributed by atoms with E-state index in [1.165, 1.54) is 5.56 Å². The van der Waals surface area contributed by atoms with Crippen LogP contribution >= 0.6 is 0 Å². The highest BCUT2D eigenvalue weighted by Gasteiger charge is 2.40. The first-order chi connectivity index (χ1) is 10.4. The number of piperidine rings is 1. The van der Waals surface area contributed by atoms with Crippen molar-refractivity contribution in [1.29, 1.82) is 0 Å². The van der Waals surface area contributed by atoms with Crippen LogP contribution in [0.3, 0.4) is 0 Å². The quantitative estimate of drug-likeness (QED) is 0.792. The number of methoxy groups -OCH3 is 1. The fraction of sp³-hybridized carbons (Fsp3) is 0.667. The van der Waals surface area contributed by atoms with Gasteiger partial charge in [-0.3, -0.25) is 0 Å². The second-order valence-corrected chi connectivity index (χ2v) is 6.77. The summed E-state index contributed by atoms with van der Waals surface area (Å²) in [6.07, 6.45) is 1.66. The molecule has 1 aliphatic rings. The molecule has 1 saturated heterocycles. The van der Waals surface area contributed by atoms with Gasteiger partial charge in [-0.1, -0.05) is 19.1 Å². The summed E-state index contributed by atoms with van der Waals surface area (Å²) in [5, 5.41) is 14.4. The monoisotopic (exact) mass is 306 g/mol. The Labute approximate surface area is 134 Å². The lowest BCUT2D eigenvalue weighted by Gasteiger charge is -2.46. The van der Waals surface area contributed by atoms with Crippen LogP contribution in [0.5, 0.6) is 5.75 Å². The van der Waals surface area contributed by atoms with E-state index in [0.29, 0.717) is 12.0 Å². The summed E-state index contributed by atoms with van der Waals surface area (Å²) in [5.41, 5.74) is 0.691. The molecule has 0 aromatic heterocycles. The van der Waals surface area contributed by atoms with Gasteiger partial charge in [-0.05, 0) is 57.0 Å². The van der Waals surface area contributed by atoms with Gasteiger partial charge in [0.25, 0.3) is 0 Å². The number of aliphatic hydroxyl groups is 1. The lowest BCUT2D eigenvalue weighted by Crippen LogP contribution is -2.54. The van der Waals surface area contributed by atoms with Crippen LogP contribution < -0.4 is 10.1 Å². The molecular formula is C18H30N2O2. The number of hydrogen-bond acceptors (Lipinski definition) is 4. The van der Waals surface area contributed by atoms with Gasteiger partial charge in [0.2, 0.25) is 0 Å². The average Bonchev–Trinajstić information content (AvgIpc) is 2.50. The second kappa shape index (κ2) is 7.44. The molecule has 22 heavy (non-hydrogen) atoms. The first-order valence-electron chi connectivity index (χ1n) is 8.21. The van der Waals surface area contributed by atoms with Gasteiger partial charge in [-0.2, -0.15) is 0 Å². The molecule has 0 radical (unpaired) electrons. The van der Waals surface area contributed by atoms with Crippen molar-refractivity contribution >= 4 is 0 Å². The normalized spacial score (nSPS) is 29.5. The maximum absolute atomic E-state index is 10.9. The van der Waals surface area contributed by atoms with E-state index >= 15 is 0 Å². The summed E-state index contributed by atoms with van der Waals surface area (Å²) in [6, 6.07) is 8.54. The lowest BCUT2D eigenvalue weighted by atomic mass is 9.77. The van der Waals surface area contributed by atoms with Crippen molar-refractivity contribution < 1.29 is 9.84 Å². The van der Waals surface area contributed by atoms with Gasteiger partial charge in [0.15, 0.2) is 0 Å². The summed E-state index contributed by atoms with van der Waals surface area (Å²) < 4.78 is 5.16.